The fraction of sp³-hybridized carbons (Fsp3) is 0.0741. The Labute approximate surface area is 323 Å². The van der Waals surface area contributed by atoms with Gasteiger partial charge in [-0.15, -0.1) is 0 Å². The Balaban J connectivity index is 1.11. The van der Waals surface area contributed by atoms with Crippen LogP contribution in [0, 0.1) is 11.8 Å². The van der Waals surface area contributed by atoms with E-state index in [1.807, 2.05) is 0 Å². The molecule has 2 atom stereocenters. The summed E-state index contributed by atoms with van der Waals surface area (Å²) in [5.74, 6) is 1.11. The van der Waals surface area contributed by atoms with Crippen molar-refractivity contribution in [1.29, 1.82) is 0 Å². The number of nitrogens with zero attached hydrogens (tertiary/aromatic N) is 1. The first-order chi connectivity index (χ1) is 27.3. The summed E-state index contributed by atoms with van der Waals surface area (Å²) < 4.78 is 0. The number of hydrogen-bond acceptors (Lipinski definition) is 1. The summed E-state index contributed by atoms with van der Waals surface area (Å²) in [6.45, 7) is 0. The van der Waals surface area contributed by atoms with Crippen LogP contribution < -0.4 is 4.90 Å². The molecule has 8 aromatic carbocycles. The zero-order valence-corrected chi connectivity index (χ0v) is 30.7. The van der Waals surface area contributed by atoms with Crippen LogP contribution in [0.25, 0.3) is 60.5 Å². The summed E-state index contributed by atoms with van der Waals surface area (Å²) >= 11 is 0. The lowest BCUT2D eigenvalue weighted by Gasteiger charge is -2.29. The maximum atomic E-state index is 2.46. The van der Waals surface area contributed by atoms with E-state index in [1.165, 1.54) is 78.9 Å². The smallest absolute Gasteiger partial charge is 0.0546 e. The van der Waals surface area contributed by atoms with Crippen molar-refractivity contribution in [3.63, 3.8) is 0 Å². The largest absolute Gasteiger partial charge is 0.310 e. The highest BCUT2D eigenvalue weighted by atomic mass is 15.1. The van der Waals surface area contributed by atoms with Gasteiger partial charge in [0.2, 0.25) is 0 Å². The molecule has 10 rings (SSSR count). The van der Waals surface area contributed by atoms with Gasteiger partial charge in [0.05, 0.1) is 5.69 Å². The molecule has 2 aliphatic rings. The van der Waals surface area contributed by atoms with Crippen molar-refractivity contribution in [3.05, 3.63) is 218 Å². The van der Waals surface area contributed by atoms with Gasteiger partial charge in [-0.05, 0) is 116 Å². The van der Waals surface area contributed by atoms with Gasteiger partial charge < -0.3 is 4.90 Å². The second-order valence-corrected chi connectivity index (χ2v) is 14.8. The lowest BCUT2D eigenvalue weighted by molar-refractivity contribution is 0.493. The minimum Gasteiger partial charge on any atom is -0.310 e. The van der Waals surface area contributed by atoms with Crippen molar-refractivity contribution >= 4 is 44.2 Å². The van der Waals surface area contributed by atoms with E-state index in [1.54, 1.807) is 0 Å². The average Bonchev–Trinajstić information content (AvgIpc) is 3.27. The predicted molar refractivity (Wildman–Crippen MR) is 235 cm³/mol. The molecule has 0 spiro atoms. The molecule has 1 heteroatoms. The van der Waals surface area contributed by atoms with E-state index in [0.29, 0.717) is 11.8 Å². The topological polar surface area (TPSA) is 3.24 Å². The quantitative estimate of drug-likeness (QED) is 0.118. The van der Waals surface area contributed by atoms with E-state index in [4.69, 9.17) is 0 Å². The number of benzene rings is 8. The zero-order chi connectivity index (χ0) is 36.6. The summed E-state index contributed by atoms with van der Waals surface area (Å²) in [4.78, 5) is 2.44. The number of rotatable bonds is 7. The van der Waals surface area contributed by atoms with E-state index >= 15 is 0 Å². The van der Waals surface area contributed by atoms with Crippen LogP contribution in [0.4, 0.5) is 17.1 Å². The van der Waals surface area contributed by atoms with Crippen LogP contribution in [0.15, 0.2) is 212 Å². The van der Waals surface area contributed by atoms with Crippen molar-refractivity contribution in [2.75, 3.05) is 4.90 Å². The van der Waals surface area contributed by atoms with E-state index < -0.39 is 0 Å². The van der Waals surface area contributed by atoms with Gasteiger partial charge in [-0.2, -0.15) is 0 Å². The molecular formula is C54H41N. The first-order valence-corrected chi connectivity index (χ1v) is 19.5. The molecule has 0 fully saturated rings. The van der Waals surface area contributed by atoms with Gasteiger partial charge in [-0.3, -0.25) is 0 Å². The minimum atomic E-state index is 0.489. The number of hydrogen-bond donors (Lipinski definition) is 0. The summed E-state index contributed by atoms with van der Waals surface area (Å²) in [5.41, 5.74) is 13.2. The van der Waals surface area contributed by atoms with Gasteiger partial charge >= 0.3 is 0 Å². The van der Waals surface area contributed by atoms with Gasteiger partial charge in [0.1, 0.15) is 0 Å². The van der Waals surface area contributed by atoms with E-state index in [0.717, 1.165) is 17.1 Å². The van der Waals surface area contributed by atoms with Crippen LogP contribution in [0.2, 0.25) is 0 Å². The van der Waals surface area contributed by atoms with Gasteiger partial charge in [0, 0.05) is 22.7 Å². The maximum Gasteiger partial charge on any atom is 0.0546 e. The molecular weight excluding hydrogens is 663 g/mol. The van der Waals surface area contributed by atoms with E-state index in [2.05, 4.69) is 217 Å². The van der Waals surface area contributed by atoms with Crippen LogP contribution in [0.3, 0.4) is 0 Å². The fourth-order valence-corrected chi connectivity index (χ4v) is 8.67. The molecule has 0 N–H and O–H groups in total. The monoisotopic (exact) mass is 703 g/mol. The zero-order valence-electron chi connectivity index (χ0n) is 30.7. The molecule has 0 radical (unpaired) electrons. The van der Waals surface area contributed by atoms with Crippen molar-refractivity contribution in [2.24, 2.45) is 11.8 Å². The number of anilines is 3. The lowest BCUT2D eigenvalue weighted by Crippen LogP contribution is -2.14. The Bertz CT molecular complexity index is 2740. The van der Waals surface area contributed by atoms with Gasteiger partial charge in [-0.1, -0.05) is 176 Å². The second kappa shape index (κ2) is 14.3. The van der Waals surface area contributed by atoms with Gasteiger partial charge in [-0.25, -0.2) is 0 Å². The van der Waals surface area contributed by atoms with Crippen LogP contribution in [0.1, 0.15) is 18.4 Å². The molecule has 2 aliphatic carbocycles. The molecule has 0 amide bonds. The third-order valence-corrected chi connectivity index (χ3v) is 11.5. The Kier molecular flexibility index (Phi) is 8.54. The van der Waals surface area contributed by atoms with Crippen molar-refractivity contribution in [3.8, 4) is 33.4 Å². The molecule has 1 nitrogen and oxygen atoms in total. The molecule has 8 aromatic rings. The van der Waals surface area contributed by atoms with Crippen molar-refractivity contribution in [2.45, 2.75) is 12.8 Å². The Morgan fingerprint density at radius 2 is 1.04 bits per heavy atom. The fourth-order valence-electron chi connectivity index (χ4n) is 8.67. The normalized spacial score (nSPS) is 16.2. The third kappa shape index (κ3) is 6.28. The molecule has 55 heavy (non-hydrogen) atoms. The number of allylic oxidation sites excluding steroid dienone is 6. The third-order valence-electron chi connectivity index (χ3n) is 11.5. The summed E-state index contributed by atoms with van der Waals surface area (Å²) in [7, 11) is 0. The van der Waals surface area contributed by atoms with Crippen molar-refractivity contribution in [1.82, 2.24) is 0 Å². The predicted octanol–water partition coefficient (Wildman–Crippen LogP) is 15.0. The van der Waals surface area contributed by atoms with Gasteiger partial charge in [0.15, 0.2) is 0 Å². The Morgan fingerprint density at radius 3 is 1.78 bits per heavy atom. The molecule has 0 aliphatic heterocycles. The van der Waals surface area contributed by atoms with E-state index in [-0.39, 0.29) is 0 Å². The van der Waals surface area contributed by atoms with Gasteiger partial charge in [0.25, 0.3) is 0 Å². The first-order valence-electron chi connectivity index (χ1n) is 19.5. The summed E-state index contributed by atoms with van der Waals surface area (Å²) in [5, 5.41) is 4.98. The van der Waals surface area contributed by atoms with E-state index in [9.17, 15) is 0 Å². The minimum absolute atomic E-state index is 0.489. The SMILES string of the molecule is C1=C[C@@H]2C=C(c3ccc(N(c4ccc(-c5cc(-c6ccccc6)ccc5-c5ccccc5)cc4)c4cc5ccccc5c5ccccc45)cc3)C=CC2CC1. The summed E-state index contributed by atoms with van der Waals surface area (Å²) in [6, 6.07) is 66.5. The molecule has 0 saturated carbocycles. The highest BCUT2D eigenvalue weighted by Crippen LogP contribution is 2.44. The molecule has 0 aromatic heterocycles. The average molecular weight is 704 g/mol. The number of fused-ring (bicyclic) bond motifs is 4. The Hall–Kier alpha value is -6.70. The molecule has 0 heterocycles. The molecule has 262 valence electrons. The van der Waals surface area contributed by atoms with Crippen LogP contribution in [0.5, 0.6) is 0 Å². The molecule has 0 saturated heterocycles. The first kappa shape index (κ1) is 32.9. The Morgan fingerprint density at radius 1 is 0.436 bits per heavy atom. The standard InChI is InChI=1S/C54H41N/c1-3-13-38(14-4-1)45-29-34-50(41-16-5-2-6-17-41)53(36-45)42-27-32-48(33-28-42)55(54-37-46-19-9-10-20-49(46)51-21-11-12-22-52(51)54)47-30-25-40(26-31-47)44-24-23-39-15-7-8-18-43(39)35-44/h1-6,8-14,16-37,39,43H,7,15H2/t39?,43-/m1/s1. The molecule has 1 unspecified atom stereocenters. The summed E-state index contributed by atoms with van der Waals surface area (Å²) in [6.07, 6.45) is 14.4. The van der Waals surface area contributed by atoms with Crippen LogP contribution >= 0.6 is 0 Å². The second-order valence-electron chi connectivity index (χ2n) is 14.8. The van der Waals surface area contributed by atoms with Crippen LogP contribution in [-0.4, -0.2) is 0 Å². The van der Waals surface area contributed by atoms with Crippen molar-refractivity contribution < 1.29 is 0 Å². The maximum absolute atomic E-state index is 2.46. The highest BCUT2D eigenvalue weighted by molar-refractivity contribution is 6.14. The molecule has 0 bridgehead atoms. The van der Waals surface area contributed by atoms with Crippen LogP contribution in [-0.2, 0) is 0 Å². The highest BCUT2D eigenvalue weighted by Gasteiger charge is 2.22. The lowest BCUT2D eigenvalue weighted by atomic mass is 9.78.